The van der Waals surface area contributed by atoms with Crippen molar-refractivity contribution in [2.24, 2.45) is 0 Å². The molecule has 0 bridgehead atoms. The first kappa shape index (κ1) is 19.4. The van der Waals surface area contributed by atoms with Gasteiger partial charge in [-0.25, -0.2) is 9.07 Å². The van der Waals surface area contributed by atoms with Crippen molar-refractivity contribution in [1.29, 1.82) is 0 Å². The Hall–Kier alpha value is 0.350. The lowest BCUT2D eigenvalue weighted by Crippen LogP contribution is -2.32. The monoisotopic (exact) mass is 472 g/mol. The molecule has 0 saturated heterocycles. The third-order valence-corrected chi connectivity index (χ3v) is 5.57. The molecule has 0 aliphatic rings. The van der Waals surface area contributed by atoms with Crippen LogP contribution in [-0.2, 0) is 5.54 Å². The molecule has 0 spiro atoms. The Morgan fingerprint density at radius 3 is 2.19 bits per heavy atom. The van der Waals surface area contributed by atoms with E-state index in [0.717, 1.165) is 25.7 Å². The molecular formula is C16H27BrFIN2. The molecule has 0 saturated carbocycles. The second-order valence-corrected chi connectivity index (χ2v) is 7.85. The van der Waals surface area contributed by atoms with E-state index in [2.05, 4.69) is 64.4 Å². The summed E-state index contributed by atoms with van der Waals surface area (Å²) in [5.74, 6) is -0.232. The third kappa shape index (κ3) is 5.48. The zero-order chi connectivity index (χ0) is 15.9. The fourth-order valence-corrected chi connectivity index (χ4v) is 4.38. The number of aromatic nitrogens is 2. The van der Waals surface area contributed by atoms with E-state index in [4.69, 9.17) is 0 Å². The molecule has 5 heteroatoms. The van der Waals surface area contributed by atoms with Gasteiger partial charge in [-0.05, 0) is 58.3 Å². The molecule has 0 fully saturated rings. The predicted octanol–water partition coefficient (Wildman–Crippen LogP) is 6.66. The summed E-state index contributed by atoms with van der Waals surface area (Å²) < 4.78 is 16.8. The van der Waals surface area contributed by atoms with Crippen LogP contribution in [0.1, 0.15) is 78.6 Å². The normalized spacial score (nSPS) is 14.4. The molecule has 1 rings (SSSR count). The Bertz CT molecular complexity index is 436. The summed E-state index contributed by atoms with van der Waals surface area (Å²) in [6.45, 7) is 6.66. The lowest BCUT2D eigenvalue weighted by atomic mass is 9.88. The molecule has 0 aromatic carbocycles. The van der Waals surface area contributed by atoms with Crippen LogP contribution in [0.15, 0.2) is 4.60 Å². The van der Waals surface area contributed by atoms with Crippen molar-refractivity contribution in [2.75, 3.05) is 0 Å². The molecule has 1 atom stereocenters. The van der Waals surface area contributed by atoms with Gasteiger partial charge in [0.2, 0.25) is 0 Å². The molecule has 1 unspecified atom stereocenters. The summed E-state index contributed by atoms with van der Waals surface area (Å²) in [6.07, 6.45) is 10.8. The van der Waals surface area contributed by atoms with Crippen LogP contribution in [0, 0.1) is 9.52 Å². The summed E-state index contributed by atoms with van der Waals surface area (Å²) in [6, 6.07) is 0. The highest BCUT2D eigenvalue weighted by Gasteiger charge is 2.30. The number of unbranched alkanes of at least 4 members (excludes halogenated alkanes) is 5. The van der Waals surface area contributed by atoms with Crippen LogP contribution >= 0.6 is 38.5 Å². The van der Waals surface area contributed by atoms with E-state index in [0.29, 0.717) is 8.30 Å². The first-order chi connectivity index (χ1) is 9.96. The fraction of sp³-hybridized carbons (Fsp3) is 0.812. The van der Waals surface area contributed by atoms with Crippen LogP contribution in [0.4, 0.5) is 4.39 Å². The number of halogens is 3. The second kappa shape index (κ2) is 9.48. The van der Waals surface area contributed by atoms with E-state index < -0.39 is 0 Å². The standard InChI is InChI=1S/C16H27BrFIN2/c1-4-6-8-9-10-12-16(3,11-7-5-2)21-15(19)13(18)14(17)20-21/h4-12H2,1-3H3. The van der Waals surface area contributed by atoms with E-state index in [1.165, 1.54) is 32.1 Å². The van der Waals surface area contributed by atoms with Gasteiger partial charge in [0.15, 0.2) is 10.4 Å². The Kier molecular flexibility index (Phi) is 8.76. The van der Waals surface area contributed by atoms with Crippen molar-refractivity contribution in [3.05, 3.63) is 14.1 Å². The lowest BCUT2D eigenvalue weighted by molar-refractivity contribution is 0.222. The minimum atomic E-state index is -0.232. The van der Waals surface area contributed by atoms with Gasteiger partial charge in [0.25, 0.3) is 0 Å². The lowest BCUT2D eigenvalue weighted by Gasteiger charge is -2.31. The predicted molar refractivity (Wildman–Crippen MR) is 99.2 cm³/mol. The SMILES string of the molecule is CCCCCCCC(C)(CCCC)n1nc(Br)c(F)c1I. The Morgan fingerprint density at radius 2 is 1.67 bits per heavy atom. The van der Waals surface area contributed by atoms with Crippen LogP contribution in [0.3, 0.4) is 0 Å². The molecule has 1 aromatic rings. The van der Waals surface area contributed by atoms with Crippen LogP contribution in [0.2, 0.25) is 0 Å². The zero-order valence-corrected chi connectivity index (χ0v) is 17.1. The van der Waals surface area contributed by atoms with Crippen molar-refractivity contribution in [2.45, 2.75) is 84.1 Å². The van der Waals surface area contributed by atoms with Gasteiger partial charge in [0.05, 0.1) is 5.54 Å². The number of hydrogen-bond acceptors (Lipinski definition) is 1. The van der Waals surface area contributed by atoms with E-state index in [1.54, 1.807) is 0 Å². The molecule has 1 aromatic heterocycles. The summed E-state index contributed by atoms with van der Waals surface area (Å²) >= 11 is 5.29. The highest BCUT2D eigenvalue weighted by atomic mass is 127. The molecule has 21 heavy (non-hydrogen) atoms. The minimum absolute atomic E-state index is 0.0778. The quantitative estimate of drug-likeness (QED) is 0.275. The van der Waals surface area contributed by atoms with Crippen molar-refractivity contribution in [1.82, 2.24) is 9.78 Å². The molecule has 0 radical (unpaired) electrons. The fourth-order valence-electron chi connectivity index (χ4n) is 2.72. The molecule has 0 amide bonds. The number of hydrogen-bond donors (Lipinski definition) is 0. The summed E-state index contributed by atoms with van der Waals surface area (Å²) in [5, 5.41) is 4.40. The Labute approximate surface area is 150 Å². The first-order valence-electron chi connectivity index (χ1n) is 8.06. The van der Waals surface area contributed by atoms with Crippen molar-refractivity contribution >= 4 is 38.5 Å². The average molecular weight is 473 g/mol. The minimum Gasteiger partial charge on any atom is -0.249 e. The third-order valence-electron chi connectivity index (χ3n) is 4.14. The molecule has 0 aliphatic heterocycles. The highest BCUT2D eigenvalue weighted by molar-refractivity contribution is 14.1. The van der Waals surface area contributed by atoms with Crippen molar-refractivity contribution < 1.29 is 4.39 Å². The number of nitrogens with zero attached hydrogens (tertiary/aromatic N) is 2. The largest absolute Gasteiger partial charge is 0.249 e. The van der Waals surface area contributed by atoms with Gasteiger partial charge in [-0.2, -0.15) is 5.10 Å². The van der Waals surface area contributed by atoms with Crippen LogP contribution in [0.25, 0.3) is 0 Å². The van der Waals surface area contributed by atoms with Gasteiger partial charge in [-0.15, -0.1) is 0 Å². The first-order valence-corrected chi connectivity index (χ1v) is 9.93. The van der Waals surface area contributed by atoms with E-state index in [-0.39, 0.29) is 11.4 Å². The van der Waals surface area contributed by atoms with Gasteiger partial charge in [0, 0.05) is 0 Å². The Morgan fingerprint density at radius 1 is 1.10 bits per heavy atom. The van der Waals surface area contributed by atoms with Gasteiger partial charge in [-0.3, -0.25) is 0 Å². The Balaban J connectivity index is 2.79. The van der Waals surface area contributed by atoms with Crippen LogP contribution < -0.4 is 0 Å². The molecule has 2 nitrogen and oxygen atoms in total. The molecule has 122 valence electrons. The second-order valence-electron chi connectivity index (χ2n) is 6.07. The topological polar surface area (TPSA) is 17.8 Å². The van der Waals surface area contributed by atoms with Crippen molar-refractivity contribution in [3.8, 4) is 0 Å². The molecule has 0 N–H and O–H groups in total. The van der Waals surface area contributed by atoms with Gasteiger partial charge in [0.1, 0.15) is 3.70 Å². The highest BCUT2D eigenvalue weighted by Crippen LogP contribution is 2.33. The van der Waals surface area contributed by atoms with Crippen molar-refractivity contribution in [3.63, 3.8) is 0 Å². The zero-order valence-electron chi connectivity index (χ0n) is 13.4. The molecule has 0 aliphatic carbocycles. The maximum absolute atomic E-state index is 14.0. The average Bonchev–Trinajstić information content (AvgIpc) is 2.73. The summed E-state index contributed by atoms with van der Waals surface area (Å²) in [4.78, 5) is 0. The number of rotatable bonds is 10. The maximum Gasteiger partial charge on any atom is 0.189 e. The maximum atomic E-state index is 14.0. The van der Waals surface area contributed by atoms with Crippen LogP contribution in [-0.4, -0.2) is 9.78 Å². The van der Waals surface area contributed by atoms with E-state index in [9.17, 15) is 4.39 Å². The van der Waals surface area contributed by atoms with Gasteiger partial charge in [-0.1, -0.05) is 58.8 Å². The summed E-state index contributed by atoms with van der Waals surface area (Å²) in [5.41, 5.74) is -0.0778. The molecule has 1 heterocycles. The molecular weight excluding hydrogens is 446 g/mol. The van der Waals surface area contributed by atoms with Crippen LogP contribution in [0.5, 0.6) is 0 Å². The smallest absolute Gasteiger partial charge is 0.189 e. The van der Waals surface area contributed by atoms with Gasteiger partial charge < -0.3 is 0 Å². The summed E-state index contributed by atoms with van der Waals surface area (Å²) in [7, 11) is 0. The van der Waals surface area contributed by atoms with Gasteiger partial charge >= 0.3 is 0 Å². The van der Waals surface area contributed by atoms with E-state index >= 15 is 0 Å². The van der Waals surface area contributed by atoms with E-state index in [1.807, 2.05) is 4.68 Å².